The van der Waals surface area contributed by atoms with Crippen molar-refractivity contribution < 1.29 is 0 Å². The molecule has 108 valence electrons. The Morgan fingerprint density at radius 1 is 1.05 bits per heavy atom. The minimum atomic E-state index is 0.257. The van der Waals surface area contributed by atoms with Gasteiger partial charge in [0.2, 0.25) is 16.6 Å². The van der Waals surface area contributed by atoms with Crippen molar-refractivity contribution in [3.8, 4) is 11.6 Å². The highest BCUT2D eigenvalue weighted by atomic mass is 79.9. The molecule has 0 bridgehead atoms. The van der Waals surface area contributed by atoms with E-state index in [9.17, 15) is 0 Å². The molecule has 0 atom stereocenters. The quantitative estimate of drug-likeness (QED) is 0.596. The van der Waals surface area contributed by atoms with Crippen molar-refractivity contribution >= 4 is 32.9 Å². The number of hydrogen-bond acceptors (Lipinski definition) is 5. The Balaban J connectivity index is 2.08. The zero-order valence-corrected chi connectivity index (χ0v) is 12.8. The van der Waals surface area contributed by atoms with Crippen LogP contribution in [0.5, 0.6) is 0 Å². The fourth-order valence-corrected chi connectivity index (χ4v) is 2.68. The van der Waals surface area contributed by atoms with E-state index < -0.39 is 0 Å². The van der Waals surface area contributed by atoms with Crippen LogP contribution in [0, 0.1) is 0 Å². The Bertz CT molecular complexity index is 958. The summed E-state index contributed by atoms with van der Waals surface area (Å²) in [5.41, 5.74) is 8.56. The van der Waals surface area contributed by atoms with Gasteiger partial charge in [-0.25, -0.2) is 4.98 Å². The Hall–Kier alpha value is -2.74. The highest BCUT2D eigenvalue weighted by molar-refractivity contribution is 9.10. The summed E-state index contributed by atoms with van der Waals surface area (Å²) in [5, 5.41) is 4.26. The number of benzene rings is 1. The summed E-state index contributed by atoms with van der Waals surface area (Å²) in [6.07, 6.45) is 3.44. The minimum Gasteiger partial charge on any atom is -0.368 e. The predicted octanol–water partition coefficient (Wildman–Crippen LogP) is 2.35. The molecule has 0 spiro atoms. The molecule has 0 saturated heterocycles. The largest absolute Gasteiger partial charge is 0.368 e. The van der Waals surface area contributed by atoms with Crippen LogP contribution >= 0.6 is 15.9 Å². The van der Waals surface area contributed by atoms with E-state index >= 15 is 0 Å². The minimum absolute atomic E-state index is 0.257. The molecule has 0 unspecified atom stereocenters. The van der Waals surface area contributed by atoms with E-state index in [0.717, 1.165) is 16.7 Å². The summed E-state index contributed by atoms with van der Waals surface area (Å²) in [6, 6.07) is 11.8. The number of nitrogens with two attached hydrogens (primary N) is 1. The molecule has 8 heteroatoms. The van der Waals surface area contributed by atoms with Gasteiger partial charge in [0.15, 0.2) is 0 Å². The molecule has 0 amide bonds. The molecule has 7 nitrogen and oxygen atoms in total. The molecule has 0 saturated carbocycles. The first-order chi connectivity index (χ1) is 10.7. The van der Waals surface area contributed by atoms with Crippen LogP contribution in [0.25, 0.3) is 22.7 Å². The molecular formula is C14H10BrN7. The first-order valence-electron chi connectivity index (χ1n) is 6.50. The molecule has 3 heterocycles. The van der Waals surface area contributed by atoms with Gasteiger partial charge in [0, 0.05) is 11.9 Å². The number of pyridine rings is 1. The van der Waals surface area contributed by atoms with Gasteiger partial charge in [0.05, 0.1) is 11.7 Å². The van der Waals surface area contributed by atoms with Crippen molar-refractivity contribution in [3.05, 3.63) is 53.5 Å². The SMILES string of the molecule is Nc1nc(Br)nn1-c1nc2cnccc2n1-c1ccccc1. The molecule has 3 aromatic heterocycles. The van der Waals surface area contributed by atoms with Gasteiger partial charge in [0.25, 0.3) is 0 Å². The van der Waals surface area contributed by atoms with Gasteiger partial charge in [-0.05, 0) is 34.1 Å². The number of anilines is 1. The molecule has 22 heavy (non-hydrogen) atoms. The Morgan fingerprint density at radius 2 is 1.86 bits per heavy atom. The van der Waals surface area contributed by atoms with E-state index in [0.29, 0.717) is 10.7 Å². The zero-order chi connectivity index (χ0) is 15.1. The number of hydrogen-bond donors (Lipinski definition) is 1. The predicted molar refractivity (Wildman–Crippen MR) is 85.9 cm³/mol. The normalized spacial score (nSPS) is 11.1. The van der Waals surface area contributed by atoms with E-state index in [4.69, 9.17) is 5.73 Å². The average Bonchev–Trinajstić information content (AvgIpc) is 3.07. The van der Waals surface area contributed by atoms with Crippen molar-refractivity contribution in [1.82, 2.24) is 29.3 Å². The van der Waals surface area contributed by atoms with E-state index in [2.05, 4.69) is 36.0 Å². The van der Waals surface area contributed by atoms with E-state index in [1.54, 1.807) is 12.4 Å². The molecule has 0 fully saturated rings. The number of imidazole rings is 1. The summed E-state index contributed by atoms with van der Waals surface area (Å²) in [7, 11) is 0. The van der Waals surface area contributed by atoms with Crippen molar-refractivity contribution in [2.75, 3.05) is 5.73 Å². The van der Waals surface area contributed by atoms with Crippen molar-refractivity contribution in [2.45, 2.75) is 0 Å². The zero-order valence-electron chi connectivity index (χ0n) is 11.3. The Kier molecular flexibility index (Phi) is 2.90. The van der Waals surface area contributed by atoms with Gasteiger partial charge in [-0.15, -0.1) is 5.10 Å². The highest BCUT2D eigenvalue weighted by Crippen LogP contribution is 2.24. The number of para-hydroxylation sites is 1. The van der Waals surface area contributed by atoms with Crippen LogP contribution < -0.4 is 5.73 Å². The summed E-state index contributed by atoms with van der Waals surface area (Å²) >= 11 is 3.23. The van der Waals surface area contributed by atoms with Crippen LogP contribution in [0.4, 0.5) is 5.95 Å². The number of aromatic nitrogens is 6. The van der Waals surface area contributed by atoms with Gasteiger partial charge in [0.1, 0.15) is 5.52 Å². The van der Waals surface area contributed by atoms with Gasteiger partial charge >= 0.3 is 0 Å². The molecule has 0 aliphatic heterocycles. The first kappa shape index (κ1) is 13.0. The lowest BCUT2D eigenvalue weighted by molar-refractivity contribution is 0.798. The van der Waals surface area contributed by atoms with E-state index in [1.165, 1.54) is 4.68 Å². The maximum Gasteiger partial charge on any atom is 0.239 e. The van der Waals surface area contributed by atoms with Crippen molar-refractivity contribution in [3.63, 3.8) is 0 Å². The molecular weight excluding hydrogens is 346 g/mol. The summed E-state index contributed by atoms with van der Waals surface area (Å²) < 4.78 is 3.88. The fourth-order valence-electron chi connectivity index (χ4n) is 2.34. The summed E-state index contributed by atoms with van der Waals surface area (Å²) in [4.78, 5) is 12.8. The molecule has 2 N–H and O–H groups in total. The number of nitrogens with zero attached hydrogens (tertiary/aromatic N) is 6. The third-order valence-corrected chi connectivity index (χ3v) is 3.59. The van der Waals surface area contributed by atoms with Crippen LogP contribution in [-0.2, 0) is 0 Å². The first-order valence-corrected chi connectivity index (χ1v) is 7.29. The second kappa shape index (κ2) is 4.92. The maximum atomic E-state index is 5.93. The topological polar surface area (TPSA) is 87.4 Å². The average molecular weight is 356 g/mol. The summed E-state index contributed by atoms with van der Waals surface area (Å²) in [5.74, 6) is 0.817. The standard InChI is InChI=1S/C14H10BrN7/c15-12-19-13(16)22(20-12)14-18-10-8-17-7-6-11(10)21(14)9-4-2-1-3-5-9/h1-8H,(H2,16,19,20). The Morgan fingerprint density at radius 3 is 2.59 bits per heavy atom. The van der Waals surface area contributed by atoms with Crippen LogP contribution in [0.3, 0.4) is 0 Å². The smallest absolute Gasteiger partial charge is 0.239 e. The number of fused-ring (bicyclic) bond motifs is 1. The van der Waals surface area contributed by atoms with Gasteiger partial charge in [-0.2, -0.15) is 9.67 Å². The lowest BCUT2D eigenvalue weighted by Gasteiger charge is -2.09. The number of rotatable bonds is 2. The van der Waals surface area contributed by atoms with E-state index in [1.807, 2.05) is 41.0 Å². The third-order valence-electron chi connectivity index (χ3n) is 3.25. The van der Waals surface area contributed by atoms with Gasteiger partial charge < -0.3 is 5.73 Å². The van der Waals surface area contributed by atoms with Crippen molar-refractivity contribution in [2.24, 2.45) is 0 Å². The second-order valence-electron chi connectivity index (χ2n) is 4.60. The fraction of sp³-hybridized carbons (Fsp3) is 0. The van der Waals surface area contributed by atoms with Crippen LogP contribution in [0.1, 0.15) is 0 Å². The lowest BCUT2D eigenvalue weighted by Crippen LogP contribution is -2.09. The molecule has 1 aromatic carbocycles. The van der Waals surface area contributed by atoms with Gasteiger partial charge in [-0.3, -0.25) is 9.55 Å². The van der Waals surface area contributed by atoms with Crippen LogP contribution in [-0.4, -0.2) is 29.3 Å². The van der Waals surface area contributed by atoms with Crippen LogP contribution in [0.2, 0.25) is 0 Å². The van der Waals surface area contributed by atoms with E-state index in [-0.39, 0.29) is 5.95 Å². The van der Waals surface area contributed by atoms with Crippen molar-refractivity contribution in [1.29, 1.82) is 0 Å². The Labute approximate surface area is 133 Å². The molecule has 4 rings (SSSR count). The number of nitrogen functional groups attached to an aromatic ring is 1. The summed E-state index contributed by atoms with van der Waals surface area (Å²) in [6.45, 7) is 0. The monoisotopic (exact) mass is 355 g/mol. The molecule has 0 aliphatic carbocycles. The maximum absolute atomic E-state index is 5.93. The second-order valence-corrected chi connectivity index (χ2v) is 5.31. The van der Waals surface area contributed by atoms with Gasteiger partial charge in [-0.1, -0.05) is 18.2 Å². The number of halogens is 1. The third kappa shape index (κ3) is 1.96. The molecule has 0 radical (unpaired) electrons. The molecule has 4 aromatic rings. The highest BCUT2D eigenvalue weighted by Gasteiger charge is 2.17. The van der Waals surface area contributed by atoms with Crippen LogP contribution in [0.15, 0.2) is 53.5 Å². The lowest BCUT2D eigenvalue weighted by atomic mass is 10.3. The molecule has 0 aliphatic rings.